The molecule has 6 heteroatoms. The van der Waals surface area contributed by atoms with Gasteiger partial charge in [-0.1, -0.05) is 12.8 Å². The fraction of sp³-hybridized carbons (Fsp3) is 0.500. The molecule has 22 heavy (non-hydrogen) atoms. The zero-order valence-electron chi connectivity index (χ0n) is 13.2. The fourth-order valence-corrected chi connectivity index (χ4v) is 2.03. The molecule has 0 aliphatic heterocycles. The molecule has 0 unspecified atom stereocenters. The van der Waals surface area contributed by atoms with Gasteiger partial charge in [-0.05, 0) is 37.6 Å². The number of rotatable bonds is 9. The van der Waals surface area contributed by atoms with Crippen molar-refractivity contribution in [1.82, 2.24) is 0 Å². The van der Waals surface area contributed by atoms with E-state index in [1.54, 1.807) is 18.2 Å². The number of unbranched alkanes of at least 4 members (excludes halogenated alkanes) is 3. The normalized spacial score (nSPS) is 10.1. The van der Waals surface area contributed by atoms with Crippen LogP contribution in [0, 0.1) is 0 Å². The Morgan fingerprint density at radius 2 is 1.86 bits per heavy atom. The van der Waals surface area contributed by atoms with Gasteiger partial charge in [0.25, 0.3) is 0 Å². The smallest absolute Gasteiger partial charge is 0.340 e. The van der Waals surface area contributed by atoms with Crippen LogP contribution in [0.4, 0.5) is 5.69 Å². The second-order valence-electron chi connectivity index (χ2n) is 4.90. The number of esters is 1. The quantitative estimate of drug-likeness (QED) is 0.540. The minimum Gasteiger partial charge on any atom is -0.497 e. The summed E-state index contributed by atoms with van der Waals surface area (Å²) in [5.74, 6) is -0.111. The highest BCUT2D eigenvalue weighted by molar-refractivity contribution is 6.01. The van der Waals surface area contributed by atoms with Crippen LogP contribution in [0.1, 0.15) is 42.5 Å². The summed E-state index contributed by atoms with van der Waals surface area (Å²) in [4.78, 5) is 23.7. The molecule has 3 N–H and O–H groups in total. The number of nitrogens with one attached hydrogen (secondary N) is 1. The summed E-state index contributed by atoms with van der Waals surface area (Å²) in [6.07, 6.45) is 4.19. The molecular formula is C16H24N2O4. The van der Waals surface area contributed by atoms with E-state index >= 15 is 0 Å². The number of ether oxygens (including phenoxy) is 2. The van der Waals surface area contributed by atoms with E-state index in [-0.39, 0.29) is 11.5 Å². The summed E-state index contributed by atoms with van der Waals surface area (Å²) in [7, 11) is 2.81. The van der Waals surface area contributed by atoms with Gasteiger partial charge in [0.1, 0.15) is 5.75 Å². The molecule has 1 amide bonds. The lowest BCUT2D eigenvalue weighted by Crippen LogP contribution is -2.15. The standard InChI is InChI=1S/C16H24N2O4/c1-21-12-8-9-14(13(11-12)16(20)22-2)18-15(19)7-5-3-4-6-10-17/h8-9,11H,3-7,10,17H2,1-2H3,(H,18,19). The number of carbonyl (C=O) groups excluding carboxylic acids is 2. The van der Waals surface area contributed by atoms with Gasteiger partial charge in [0.15, 0.2) is 0 Å². The number of amides is 1. The molecule has 0 aliphatic rings. The fourth-order valence-electron chi connectivity index (χ4n) is 2.03. The number of anilines is 1. The van der Waals surface area contributed by atoms with Gasteiger partial charge in [-0.3, -0.25) is 4.79 Å². The molecule has 0 aromatic heterocycles. The summed E-state index contributed by atoms with van der Waals surface area (Å²) in [6.45, 7) is 0.681. The Kier molecular flexibility index (Phi) is 7.99. The minimum atomic E-state index is -0.517. The van der Waals surface area contributed by atoms with Crippen molar-refractivity contribution in [1.29, 1.82) is 0 Å². The van der Waals surface area contributed by atoms with Crippen LogP contribution in [-0.4, -0.2) is 32.6 Å². The molecule has 1 aromatic carbocycles. The predicted octanol–water partition coefficient (Wildman–Crippen LogP) is 2.33. The van der Waals surface area contributed by atoms with E-state index in [1.807, 2.05) is 0 Å². The first-order chi connectivity index (χ1) is 10.6. The lowest BCUT2D eigenvalue weighted by atomic mass is 10.1. The van der Waals surface area contributed by atoms with Crippen LogP contribution in [0.15, 0.2) is 18.2 Å². The highest BCUT2D eigenvalue weighted by atomic mass is 16.5. The zero-order valence-corrected chi connectivity index (χ0v) is 13.2. The molecule has 0 atom stereocenters. The van der Waals surface area contributed by atoms with E-state index in [0.29, 0.717) is 24.4 Å². The second-order valence-corrected chi connectivity index (χ2v) is 4.90. The van der Waals surface area contributed by atoms with Crippen LogP contribution in [0.3, 0.4) is 0 Å². The lowest BCUT2D eigenvalue weighted by molar-refractivity contribution is -0.116. The molecule has 0 saturated carbocycles. The Labute approximate surface area is 131 Å². The lowest BCUT2D eigenvalue weighted by Gasteiger charge is -2.11. The van der Waals surface area contributed by atoms with Crippen molar-refractivity contribution >= 4 is 17.6 Å². The van der Waals surface area contributed by atoms with Crippen molar-refractivity contribution < 1.29 is 19.1 Å². The third kappa shape index (κ3) is 5.73. The topological polar surface area (TPSA) is 90.6 Å². The molecule has 6 nitrogen and oxygen atoms in total. The van der Waals surface area contributed by atoms with Crippen molar-refractivity contribution in [3.8, 4) is 5.75 Å². The first kappa shape index (κ1) is 18.0. The predicted molar refractivity (Wildman–Crippen MR) is 85.1 cm³/mol. The first-order valence-electron chi connectivity index (χ1n) is 7.38. The maximum atomic E-state index is 11.9. The summed E-state index contributed by atoms with van der Waals surface area (Å²) in [6, 6.07) is 4.86. The molecule has 0 fully saturated rings. The number of methoxy groups -OCH3 is 2. The van der Waals surface area contributed by atoms with Gasteiger partial charge >= 0.3 is 5.97 Å². The molecular weight excluding hydrogens is 284 g/mol. The number of nitrogens with two attached hydrogens (primary N) is 1. The van der Waals surface area contributed by atoms with E-state index in [0.717, 1.165) is 25.7 Å². The Hall–Kier alpha value is -2.08. The zero-order chi connectivity index (χ0) is 16.4. The van der Waals surface area contributed by atoms with Gasteiger partial charge in [-0.25, -0.2) is 4.79 Å². The van der Waals surface area contributed by atoms with Gasteiger partial charge in [0.05, 0.1) is 25.5 Å². The molecule has 0 aliphatic carbocycles. The van der Waals surface area contributed by atoms with Crippen molar-refractivity contribution in [3.63, 3.8) is 0 Å². The summed E-state index contributed by atoms with van der Waals surface area (Å²) in [5.41, 5.74) is 6.13. The van der Waals surface area contributed by atoms with Gasteiger partial charge < -0.3 is 20.5 Å². The number of benzene rings is 1. The molecule has 1 rings (SSSR count). The minimum absolute atomic E-state index is 0.122. The van der Waals surface area contributed by atoms with Gasteiger partial charge in [-0.2, -0.15) is 0 Å². The highest BCUT2D eigenvalue weighted by Crippen LogP contribution is 2.23. The first-order valence-corrected chi connectivity index (χ1v) is 7.38. The third-order valence-corrected chi connectivity index (χ3v) is 3.26. The van der Waals surface area contributed by atoms with E-state index < -0.39 is 5.97 Å². The van der Waals surface area contributed by atoms with Crippen LogP contribution in [0.5, 0.6) is 5.75 Å². The second kappa shape index (κ2) is 9.78. The summed E-state index contributed by atoms with van der Waals surface area (Å²) >= 11 is 0. The molecule has 0 radical (unpaired) electrons. The van der Waals surface area contributed by atoms with Crippen LogP contribution in [-0.2, 0) is 9.53 Å². The van der Waals surface area contributed by atoms with Crippen LogP contribution >= 0.6 is 0 Å². The number of hydrogen-bond donors (Lipinski definition) is 2. The van der Waals surface area contributed by atoms with Crippen molar-refractivity contribution in [2.45, 2.75) is 32.1 Å². The van der Waals surface area contributed by atoms with Crippen molar-refractivity contribution in [3.05, 3.63) is 23.8 Å². The largest absolute Gasteiger partial charge is 0.497 e. The Morgan fingerprint density at radius 1 is 1.14 bits per heavy atom. The summed E-state index contributed by atoms with van der Waals surface area (Å²) < 4.78 is 9.81. The summed E-state index contributed by atoms with van der Waals surface area (Å²) in [5, 5.41) is 2.75. The SMILES string of the molecule is COC(=O)c1cc(OC)ccc1NC(=O)CCCCCCN. The van der Waals surface area contributed by atoms with Gasteiger partial charge in [-0.15, -0.1) is 0 Å². The average molecular weight is 308 g/mol. The van der Waals surface area contributed by atoms with Crippen LogP contribution in [0.2, 0.25) is 0 Å². The third-order valence-electron chi connectivity index (χ3n) is 3.26. The maximum absolute atomic E-state index is 11.9. The monoisotopic (exact) mass is 308 g/mol. The highest BCUT2D eigenvalue weighted by Gasteiger charge is 2.15. The van der Waals surface area contributed by atoms with E-state index in [9.17, 15) is 9.59 Å². The number of hydrogen-bond acceptors (Lipinski definition) is 5. The van der Waals surface area contributed by atoms with Crippen molar-refractivity contribution in [2.24, 2.45) is 5.73 Å². The van der Waals surface area contributed by atoms with Crippen molar-refractivity contribution in [2.75, 3.05) is 26.1 Å². The van der Waals surface area contributed by atoms with Gasteiger partial charge in [0.2, 0.25) is 5.91 Å². The Bertz CT molecular complexity index is 503. The average Bonchev–Trinajstić information content (AvgIpc) is 2.54. The van der Waals surface area contributed by atoms with E-state index in [1.165, 1.54) is 14.2 Å². The molecule has 0 bridgehead atoms. The van der Waals surface area contributed by atoms with Gasteiger partial charge in [0, 0.05) is 6.42 Å². The molecule has 0 spiro atoms. The molecule has 1 aromatic rings. The Balaban J connectivity index is 2.63. The van der Waals surface area contributed by atoms with Crippen LogP contribution in [0.25, 0.3) is 0 Å². The van der Waals surface area contributed by atoms with Crippen LogP contribution < -0.4 is 15.8 Å². The number of carbonyl (C=O) groups is 2. The van der Waals surface area contributed by atoms with E-state index in [2.05, 4.69) is 5.32 Å². The Morgan fingerprint density at radius 3 is 2.50 bits per heavy atom. The maximum Gasteiger partial charge on any atom is 0.340 e. The molecule has 0 saturated heterocycles. The van der Waals surface area contributed by atoms with E-state index in [4.69, 9.17) is 15.2 Å². The molecule has 122 valence electrons. The molecule has 0 heterocycles.